The molecule has 9 heteroatoms. The summed E-state index contributed by atoms with van der Waals surface area (Å²) in [4.78, 5) is 33.5. The lowest BCUT2D eigenvalue weighted by atomic mass is 10.2. The molecule has 0 heterocycles. The van der Waals surface area contributed by atoms with E-state index in [1.807, 2.05) is 0 Å². The van der Waals surface area contributed by atoms with E-state index in [2.05, 4.69) is 110 Å². The van der Waals surface area contributed by atoms with Crippen LogP contribution in [-0.2, 0) is 9.59 Å². The summed E-state index contributed by atoms with van der Waals surface area (Å²) in [6, 6.07) is 3.49. The van der Waals surface area contributed by atoms with Gasteiger partial charge < -0.3 is 21.0 Å². The Morgan fingerprint density at radius 3 is 1.14 bits per heavy atom. The van der Waals surface area contributed by atoms with Crippen molar-refractivity contribution in [1.29, 1.82) is 0 Å². The average molecular weight is 519 g/mol. The van der Waals surface area contributed by atoms with E-state index >= 15 is 0 Å². The molecule has 9 nitrogen and oxygen atoms in total. The van der Waals surface area contributed by atoms with Gasteiger partial charge in [0.2, 0.25) is 0 Å². The SMILES string of the molecule is CC(C)N(CCN)C(C)C.CC(C)N(CCNC(=O)[O-])C(C)C.CCCN(C(C)C)C(C)C.O=C=O. The molecular formula is C27H60N5O4-. The van der Waals surface area contributed by atoms with E-state index in [0.717, 1.165) is 19.6 Å². The van der Waals surface area contributed by atoms with Crippen LogP contribution in [0.2, 0.25) is 0 Å². The third kappa shape index (κ3) is 27.1. The molecular weight excluding hydrogens is 458 g/mol. The van der Waals surface area contributed by atoms with E-state index in [0.29, 0.717) is 42.8 Å². The Bertz CT molecular complexity index is 474. The first-order valence-electron chi connectivity index (χ1n) is 13.5. The molecule has 36 heavy (non-hydrogen) atoms. The molecule has 0 bridgehead atoms. The zero-order valence-corrected chi connectivity index (χ0v) is 25.8. The lowest BCUT2D eigenvalue weighted by molar-refractivity contribution is -0.250. The summed E-state index contributed by atoms with van der Waals surface area (Å²) in [5, 5.41) is 12.3. The van der Waals surface area contributed by atoms with Gasteiger partial charge in [-0.05, 0) is 96.1 Å². The van der Waals surface area contributed by atoms with Gasteiger partial charge in [0.25, 0.3) is 0 Å². The van der Waals surface area contributed by atoms with Crippen LogP contribution in [0, 0.1) is 0 Å². The second-order valence-corrected chi connectivity index (χ2v) is 10.4. The molecule has 0 saturated heterocycles. The molecule has 0 rings (SSSR count). The number of hydrogen-bond donors (Lipinski definition) is 2. The average Bonchev–Trinajstić information content (AvgIpc) is 2.73. The molecule has 0 aliphatic rings. The number of hydrogen-bond acceptors (Lipinski definition) is 8. The molecule has 0 spiro atoms. The smallest absolute Gasteiger partial charge is 0.373 e. The number of nitrogens with one attached hydrogen (secondary N) is 1. The standard InChI is InChI=1S/C9H20N2O2.C9H21N.C8H20N2.CO2/c1-7(2)11(8(3)4)6-5-10-9(12)13;1-6-7-10(8(2)3)9(4)5;1-7(2)10(6-5-9)8(3)4;2-1-3/h7-8,10H,5-6H2,1-4H3,(H,12,13);8-9H,6-7H2,1-5H3;7-8H,5-6,9H2,1-4H3;/p-1. The summed E-state index contributed by atoms with van der Waals surface area (Å²) in [6.07, 6.45) is 0.309. The van der Waals surface area contributed by atoms with Crippen LogP contribution in [-0.4, -0.2) is 95.9 Å². The van der Waals surface area contributed by atoms with Crippen LogP contribution in [0.5, 0.6) is 0 Å². The van der Waals surface area contributed by atoms with Gasteiger partial charge in [0.05, 0.1) is 0 Å². The number of rotatable bonds is 13. The van der Waals surface area contributed by atoms with Gasteiger partial charge in [-0.1, -0.05) is 6.92 Å². The topological polar surface area (TPSA) is 122 Å². The highest BCUT2D eigenvalue weighted by molar-refractivity contribution is 5.61. The predicted molar refractivity (Wildman–Crippen MR) is 149 cm³/mol. The van der Waals surface area contributed by atoms with Crippen LogP contribution in [0.4, 0.5) is 4.79 Å². The number of carbonyl (C=O) groups is 1. The van der Waals surface area contributed by atoms with Gasteiger partial charge in [-0.3, -0.25) is 14.7 Å². The lowest BCUT2D eigenvalue weighted by Gasteiger charge is -2.30. The molecule has 0 aliphatic carbocycles. The van der Waals surface area contributed by atoms with Gasteiger partial charge in [-0.2, -0.15) is 9.59 Å². The van der Waals surface area contributed by atoms with Crippen LogP contribution in [0.15, 0.2) is 0 Å². The number of carbonyl (C=O) groups excluding carboxylic acids is 3. The van der Waals surface area contributed by atoms with Gasteiger partial charge >= 0.3 is 6.15 Å². The number of carboxylic acid groups (broad SMARTS) is 1. The Labute approximate surface area is 223 Å². The minimum absolute atomic E-state index is 0.250. The summed E-state index contributed by atoms with van der Waals surface area (Å²) in [5.74, 6) is 0. The minimum atomic E-state index is -1.20. The van der Waals surface area contributed by atoms with Crippen molar-refractivity contribution < 1.29 is 19.5 Å². The van der Waals surface area contributed by atoms with Gasteiger partial charge in [-0.15, -0.1) is 0 Å². The molecule has 0 aliphatic heterocycles. The maximum absolute atomic E-state index is 10.1. The van der Waals surface area contributed by atoms with Crippen molar-refractivity contribution >= 4 is 12.2 Å². The lowest BCUT2D eigenvalue weighted by Crippen LogP contribution is -2.45. The van der Waals surface area contributed by atoms with Crippen LogP contribution < -0.4 is 16.2 Å². The molecule has 3 N–H and O–H groups in total. The number of nitrogens with two attached hydrogens (primary N) is 1. The Kier molecular flexibility index (Phi) is 30.7. The van der Waals surface area contributed by atoms with E-state index in [1.54, 1.807) is 0 Å². The number of amides is 1. The van der Waals surface area contributed by atoms with Crippen molar-refractivity contribution in [1.82, 2.24) is 20.0 Å². The fourth-order valence-electron chi connectivity index (χ4n) is 4.03. The minimum Gasteiger partial charge on any atom is -0.530 e. The zero-order valence-electron chi connectivity index (χ0n) is 25.8. The third-order valence-electron chi connectivity index (χ3n) is 5.49. The third-order valence-corrected chi connectivity index (χ3v) is 5.49. The summed E-state index contributed by atoms with van der Waals surface area (Å²) >= 11 is 0. The van der Waals surface area contributed by atoms with Crippen molar-refractivity contribution in [3.8, 4) is 0 Å². The summed E-state index contributed by atoms with van der Waals surface area (Å²) in [7, 11) is 0. The first-order valence-corrected chi connectivity index (χ1v) is 13.5. The van der Waals surface area contributed by atoms with E-state index in [-0.39, 0.29) is 6.15 Å². The highest BCUT2D eigenvalue weighted by Gasteiger charge is 2.12. The molecule has 0 unspecified atom stereocenters. The monoisotopic (exact) mass is 518 g/mol. The Morgan fingerprint density at radius 1 is 0.694 bits per heavy atom. The quantitative estimate of drug-likeness (QED) is 0.381. The summed E-state index contributed by atoms with van der Waals surface area (Å²) in [5.41, 5.74) is 5.46. The van der Waals surface area contributed by atoms with Crippen molar-refractivity contribution in [3.63, 3.8) is 0 Å². The number of nitrogens with zero attached hydrogens (tertiary/aromatic N) is 3. The normalized spacial score (nSPS) is 11.0. The van der Waals surface area contributed by atoms with E-state index in [1.165, 1.54) is 13.0 Å². The maximum Gasteiger partial charge on any atom is 0.373 e. The maximum atomic E-state index is 10.1. The molecule has 0 fully saturated rings. The molecule has 218 valence electrons. The summed E-state index contributed by atoms with van der Waals surface area (Å²) in [6.45, 7) is 32.6. The van der Waals surface area contributed by atoms with E-state index < -0.39 is 6.09 Å². The first-order chi connectivity index (χ1) is 16.5. The Morgan fingerprint density at radius 2 is 0.972 bits per heavy atom. The first kappa shape index (κ1) is 41.6. The van der Waals surface area contributed by atoms with E-state index in [4.69, 9.17) is 15.3 Å². The largest absolute Gasteiger partial charge is 0.530 e. The second kappa shape index (κ2) is 26.6. The van der Waals surface area contributed by atoms with Crippen molar-refractivity contribution in [3.05, 3.63) is 0 Å². The highest BCUT2D eigenvalue weighted by atomic mass is 16.4. The highest BCUT2D eigenvalue weighted by Crippen LogP contribution is 2.05. The Balaban J connectivity index is -0.000000204. The summed E-state index contributed by atoms with van der Waals surface area (Å²) < 4.78 is 0. The van der Waals surface area contributed by atoms with Gasteiger partial charge in [0.15, 0.2) is 0 Å². The fraction of sp³-hybridized carbons (Fsp3) is 0.926. The van der Waals surface area contributed by atoms with Crippen molar-refractivity contribution in [2.45, 2.75) is 133 Å². The molecule has 0 aromatic rings. The van der Waals surface area contributed by atoms with Gasteiger partial charge in [0, 0.05) is 62.4 Å². The van der Waals surface area contributed by atoms with Crippen molar-refractivity contribution in [2.24, 2.45) is 5.73 Å². The van der Waals surface area contributed by atoms with E-state index in [9.17, 15) is 9.90 Å². The molecule has 0 aromatic carbocycles. The predicted octanol–water partition coefficient (Wildman–Crippen LogP) is 3.03. The van der Waals surface area contributed by atoms with Gasteiger partial charge in [-0.25, -0.2) is 0 Å². The van der Waals surface area contributed by atoms with Crippen LogP contribution in [0.25, 0.3) is 0 Å². The zero-order chi connectivity index (χ0) is 29.4. The molecule has 0 saturated carbocycles. The molecule has 0 atom stereocenters. The van der Waals surface area contributed by atoms with Crippen molar-refractivity contribution in [2.75, 3.05) is 32.7 Å². The van der Waals surface area contributed by atoms with Crippen LogP contribution >= 0.6 is 0 Å². The van der Waals surface area contributed by atoms with Gasteiger partial charge in [0.1, 0.15) is 6.09 Å². The molecule has 0 radical (unpaired) electrons. The van der Waals surface area contributed by atoms with Crippen LogP contribution in [0.3, 0.4) is 0 Å². The second-order valence-electron chi connectivity index (χ2n) is 10.4. The Hall–Kier alpha value is -1.51. The molecule has 0 aromatic heterocycles. The molecule has 1 amide bonds. The fourth-order valence-corrected chi connectivity index (χ4v) is 4.03. The van der Waals surface area contributed by atoms with Crippen LogP contribution in [0.1, 0.15) is 96.4 Å².